The van der Waals surface area contributed by atoms with Crippen LogP contribution < -0.4 is 11.4 Å². The Hall–Kier alpha value is -2.61. The van der Waals surface area contributed by atoms with Gasteiger partial charge < -0.3 is 0 Å². The Morgan fingerprint density at radius 3 is 2.68 bits per heavy atom. The lowest BCUT2D eigenvalue weighted by Crippen LogP contribution is -2.46. The van der Waals surface area contributed by atoms with Gasteiger partial charge in [-0.3, -0.25) is 20.9 Å². The van der Waals surface area contributed by atoms with Crippen LogP contribution in [0.5, 0.6) is 0 Å². The molecule has 2 aromatic rings. The van der Waals surface area contributed by atoms with Crippen LogP contribution in [0.1, 0.15) is 17.2 Å². The first-order valence-electron chi connectivity index (χ1n) is 6.80. The van der Waals surface area contributed by atoms with Gasteiger partial charge in [0.15, 0.2) is 0 Å². The maximum absolute atomic E-state index is 11.4. The molecule has 0 spiro atoms. The zero-order valence-corrected chi connectivity index (χ0v) is 11.7. The van der Waals surface area contributed by atoms with Crippen molar-refractivity contribution >= 4 is 17.6 Å². The van der Waals surface area contributed by atoms with Crippen LogP contribution in [-0.4, -0.2) is 22.7 Å². The average Bonchev–Trinajstić information content (AvgIpc) is 2.74. The molecule has 112 valence electrons. The summed E-state index contributed by atoms with van der Waals surface area (Å²) >= 11 is 0. The predicted octanol–water partition coefficient (Wildman–Crippen LogP) is 2.08. The topological polar surface area (TPSA) is 96.8 Å². The number of nitrogens with two attached hydrogens (primary N) is 1. The molecule has 0 fully saturated rings. The second kappa shape index (κ2) is 6.02. The molecule has 7 heteroatoms. The lowest BCUT2D eigenvalue weighted by atomic mass is 9.95. The molecule has 1 atom stereocenters. The number of hydrogen-bond donors (Lipinski definition) is 2. The van der Waals surface area contributed by atoms with Gasteiger partial charge in [0, 0.05) is 12.3 Å². The van der Waals surface area contributed by atoms with Crippen LogP contribution in [0.3, 0.4) is 0 Å². The van der Waals surface area contributed by atoms with E-state index in [1.807, 2.05) is 30.3 Å². The van der Waals surface area contributed by atoms with Crippen molar-refractivity contribution < 1.29 is 4.92 Å². The Morgan fingerprint density at radius 1 is 1.23 bits per heavy atom. The smallest absolute Gasteiger partial charge is 0.259 e. The van der Waals surface area contributed by atoms with Gasteiger partial charge in [-0.2, -0.15) is 5.53 Å². The van der Waals surface area contributed by atoms with E-state index in [0.29, 0.717) is 17.8 Å². The second-order valence-corrected chi connectivity index (χ2v) is 4.87. The Bertz CT molecular complexity index is 717. The van der Waals surface area contributed by atoms with E-state index in [0.717, 1.165) is 5.56 Å². The SMILES string of the molecule is NNN1CC=Nc2cccc([N+](=O)[O-])c2C1c1ccccc1. The number of hydrazine groups is 2. The molecule has 3 N–H and O–H groups in total. The van der Waals surface area contributed by atoms with Crippen molar-refractivity contribution in [2.75, 3.05) is 6.54 Å². The average molecular weight is 297 g/mol. The van der Waals surface area contributed by atoms with E-state index in [-0.39, 0.29) is 10.6 Å². The Labute approximate surface area is 127 Å². The number of rotatable bonds is 3. The maximum Gasteiger partial charge on any atom is 0.276 e. The first kappa shape index (κ1) is 14.3. The third-order valence-electron chi connectivity index (χ3n) is 3.63. The molecule has 1 unspecified atom stereocenters. The van der Waals surface area contributed by atoms with Gasteiger partial charge in [-0.25, -0.2) is 5.01 Å². The third-order valence-corrected chi connectivity index (χ3v) is 3.63. The molecule has 0 amide bonds. The summed E-state index contributed by atoms with van der Waals surface area (Å²) in [4.78, 5) is 15.4. The molecular weight excluding hydrogens is 282 g/mol. The summed E-state index contributed by atoms with van der Waals surface area (Å²) in [6.07, 6.45) is 1.69. The lowest BCUT2D eigenvalue weighted by molar-refractivity contribution is -0.385. The Kier molecular flexibility index (Phi) is 3.92. The van der Waals surface area contributed by atoms with Crippen LogP contribution in [-0.2, 0) is 0 Å². The van der Waals surface area contributed by atoms with Crippen molar-refractivity contribution in [3.63, 3.8) is 0 Å². The largest absolute Gasteiger partial charge is 0.276 e. The van der Waals surface area contributed by atoms with Crippen molar-refractivity contribution in [1.82, 2.24) is 10.5 Å². The second-order valence-electron chi connectivity index (χ2n) is 4.87. The molecule has 2 aromatic carbocycles. The number of nitrogens with zero attached hydrogens (tertiary/aromatic N) is 3. The molecule has 0 bridgehead atoms. The zero-order valence-electron chi connectivity index (χ0n) is 11.7. The summed E-state index contributed by atoms with van der Waals surface area (Å²) < 4.78 is 0. The van der Waals surface area contributed by atoms with Crippen molar-refractivity contribution in [2.45, 2.75) is 6.04 Å². The molecule has 0 aromatic heterocycles. The molecule has 7 nitrogen and oxygen atoms in total. The first-order valence-corrected chi connectivity index (χ1v) is 6.80. The standard InChI is InChI=1S/C15H15N5O2/c16-18-19-10-9-17-12-7-4-8-13(20(21)22)14(12)15(19)11-5-2-1-3-6-11/h1-9,15,18H,10,16H2. The van der Waals surface area contributed by atoms with E-state index < -0.39 is 6.04 Å². The van der Waals surface area contributed by atoms with Crippen LogP contribution in [0.4, 0.5) is 11.4 Å². The molecule has 1 aliphatic heterocycles. The van der Waals surface area contributed by atoms with Crippen LogP contribution in [0, 0.1) is 10.1 Å². The fraction of sp³-hybridized carbons (Fsp3) is 0.133. The number of hydrogen-bond acceptors (Lipinski definition) is 6. The Morgan fingerprint density at radius 2 is 2.00 bits per heavy atom. The number of nitrogens with one attached hydrogen (secondary N) is 1. The van der Waals surface area contributed by atoms with Gasteiger partial charge in [-0.15, -0.1) is 0 Å². The lowest BCUT2D eigenvalue weighted by Gasteiger charge is -2.29. The first-order chi connectivity index (χ1) is 10.7. The number of fused-ring (bicyclic) bond motifs is 1. The summed E-state index contributed by atoms with van der Waals surface area (Å²) in [5, 5.41) is 13.2. The van der Waals surface area contributed by atoms with Crippen LogP contribution in [0.15, 0.2) is 53.5 Å². The molecule has 0 saturated heterocycles. The molecule has 0 saturated carbocycles. The number of nitro benzene ring substituents is 1. The summed E-state index contributed by atoms with van der Waals surface area (Å²) in [5.74, 6) is 5.63. The van der Waals surface area contributed by atoms with E-state index in [1.54, 1.807) is 23.4 Å². The van der Waals surface area contributed by atoms with Crippen LogP contribution in [0.2, 0.25) is 0 Å². The highest BCUT2D eigenvalue weighted by Gasteiger charge is 2.32. The van der Waals surface area contributed by atoms with Crippen molar-refractivity contribution in [2.24, 2.45) is 10.8 Å². The van der Waals surface area contributed by atoms with Crippen LogP contribution >= 0.6 is 0 Å². The van der Waals surface area contributed by atoms with Gasteiger partial charge >= 0.3 is 0 Å². The van der Waals surface area contributed by atoms with Gasteiger partial charge in [-0.1, -0.05) is 36.4 Å². The molecule has 3 rings (SSSR count). The van der Waals surface area contributed by atoms with E-state index in [4.69, 9.17) is 5.84 Å². The van der Waals surface area contributed by atoms with Crippen molar-refractivity contribution in [1.29, 1.82) is 0 Å². The third kappa shape index (κ3) is 2.48. The highest BCUT2D eigenvalue weighted by molar-refractivity contribution is 5.72. The Balaban J connectivity index is 2.25. The van der Waals surface area contributed by atoms with Gasteiger partial charge in [0.05, 0.1) is 28.8 Å². The van der Waals surface area contributed by atoms with Gasteiger partial charge in [-0.05, 0) is 11.6 Å². The number of nitro groups is 1. The van der Waals surface area contributed by atoms with E-state index in [1.165, 1.54) is 6.07 Å². The highest BCUT2D eigenvalue weighted by atomic mass is 16.6. The fourth-order valence-electron chi connectivity index (χ4n) is 2.69. The summed E-state index contributed by atoms with van der Waals surface area (Å²) in [6, 6.07) is 14.0. The summed E-state index contributed by atoms with van der Waals surface area (Å²) in [5.41, 5.74) is 4.67. The predicted molar refractivity (Wildman–Crippen MR) is 83.6 cm³/mol. The minimum Gasteiger partial charge on any atom is -0.259 e. The summed E-state index contributed by atoms with van der Waals surface area (Å²) in [6.45, 7) is 0.432. The van der Waals surface area contributed by atoms with Crippen molar-refractivity contribution in [3.8, 4) is 0 Å². The highest BCUT2D eigenvalue weighted by Crippen LogP contribution is 2.40. The summed E-state index contributed by atoms with van der Waals surface area (Å²) in [7, 11) is 0. The zero-order chi connectivity index (χ0) is 15.5. The number of aliphatic imine (C=N–C) groups is 1. The monoisotopic (exact) mass is 297 g/mol. The molecule has 1 aliphatic rings. The van der Waals surface area contributed by atoms with E-state index in [2.05, 4.69) is 10.5 Å². The van der Waals surface area contributed by atoms with Gasteiger partial charge in [0.25, 0.3) is 5.69 Å². The van der Waals surface area contributed by atoms with Crippen molar-refractivity contribution in [3.05, 3.63) is 69.8 Å². The van der Waals surface area contributed by atoms with Crippen LogP contribution in [0.25, 0.3) is 0 Å². The maximum atomic E-state index is 11.4. The molecule has 0 aliphatic carbocycles. The molecule has 1 heterocycles. The molecule has 0 radical (unpaired) electrons. The number of benzene rings is 2. The fourth-order valence-corrected chi connectivity index (χ4v) is 2.69. The van der Waals surface area contributed by atoms with E-state index >= 15 is 0 Å². The van der Waals surface area contributed by atoms with E-state index in [9.17, 15) is 10.1 Å². The molecule has 22 heavy (non-hydrogen) atoms. The normalized spacial score (nSPS) is 17.8. The molecular formula is C15H15N5O2. The van der Waals surface area contributed by atoms with Gasteiger partial charge in [0.1, 0.15) is 0 Å². The quantitative estimate of drug-likeness (QED) is 0.513. The minimum absolute atomic E-state index is 0.0330. The minimum atomic E-state index is -0.398. The van der Waals surface area contributed by atoms with Gasteiger partial charge in [0.2, 0.25) is 0 Å².